The summed E-state index contributed by atoms with van der Waals surface area (Å²) in [5.41, 5.74) is 0.894. The molecule has 1 aliphatic rings. The summed E-state index contributed by atoms with van der Waals surface area (Å²) in [4.78, 5) is 19.1. The van der Waals surface area contributed by atoms with Gasteiger partial charge in [0.1, 0.15) is 0 Å². The number of rotatable bonds is 4. The lowest BCUT2D eigenvalue weighted by Gasteiger charge is -2.04. The number of carbonyl (C=O) groups is 1. The third-order valence-electron chi connectivity index (χ3n) is 3.64. The number of aromatic nitrogens is 3. The summed E-state index contributed by atoms with van der Waals surface area (Å²) in [5, 5.41) is 6.06. The number of nitrogens with zero attached hydrogens (tertiary/aromatic N) is 3. The van der Waals surface area contributed by atoms with Crippen molar-refractivity contribution in [1.82, 2.24) is 20.4 Å². The van der Waals surface area contributed by atoms with Gasteiger partial charge in [-0.05, 0) is 24.5 Å². The Balaban J connectivity index is 1.62. The van der Waals surface area contributed by atoms with Crippen LogP contribution in [0.4, 0.5) is 13.2 Å². The van der Waals surface area contributed by atoms with Gasteiger partial charge in [-0.1, -0.05) is 12.1 Å². The average molecular weight is 326 g/mol. The smallest absolute Gasteiger partial charge is 0.350 e. The second kappa shape index (κ2) is 5.64. The molecule has 2 aromatic rings. The van der Waals surface area contributed by atoms with Gasteiger partial charge in [0.25, 0.3) is 0 Å². The van der Waals surface area contributed by atoms with Crippen LogP contribution < -0.4 is 5.32 Å². The summed E-state index contributed by atoms with van der Waals surface area (Å²) in [7, 11) is 0. The van der Waals surface area contributed by atoms with Gasteiger partial charge in [-0.3, -0.25) is 9.78 Å². The number of carbonyl (C=O) groups excluding carboxylic acids is 1. The lowest BCUT2D eigenvalue weighted by molar-refractivity contribution is -0.159. The van der Waals surface area contributed by atoms with Crippen LogP contribution in [-0.4, -0.2) is 21.0 Å². The molecule has 0 spiro atoms. The minimum absolute atomic E-state index is 0.00337. The van der Waals surface area contributed by atoms with Crippen LogP contribution >= 0.6 is 0 Å². The van der Waals surface area contributed by atoms with Crippen LogP contribution in [0.5, 0.6) is 0 Å². The Hall–Kier alpha value is -2.45. The van der Waals surface area contributed by atoms with Crippen molar-refractivity contribution in [3.8, 4) is 11.4 Å². The van der Waals surface area contributed by atoms with Gasteiger partial charge in [0.2, 0.25) is 11.7 Å². The minimum Gasteiger partial charge on any atom is -0.350 e. The van der Waals surface area contributed by atoms with Gasteiger partial charge in [0.05, 0.1) is 12.2 Å². The van der Waals surface area contributed by atoms with Crippen molar-refractivity contribution in [2.75, 3.05) is 0 Å². The molecule has 0 aliphatic heterocycles. The predicted octanol–water partition coefficient (Wildman–Crippen LogP) is 2.42. The Morgan fingerprint density at radius 3 is 2.70 bits per heavy atom. The number of hydrogen-bond acceptors (Lipinski definition) is 5. The largest absolute Gasteiger partial charge is 0.471 e. The number of amides is 1. The van der Waals surface area contributed by atoms with Crippen LogP contribution in [0.2, 0.25) is 0 Å². The van der Waals surface area contributed by atoms with Crippen molar-refractivity contribution < 1.29 is 22.5 Å². The maximum Gasteiger partial charge on any atom is 0.471 e. The summed E-state index contributed by atoms with van der Waals surface area (Å²) in [5.74, 6) is -1.09. The zero-order valence-electron chi connectivity index (χ0n) is 12.1. The number of hydrogen-bond donors (Lipinski definition) is 1. The molecule has 6 nitrogen and oxygen atoms in total. The molecule has 3 rings (SSSR count). The molecular weight excluding hydrogens is 313 g/mol. The van der Waals surface area contributed by atoms with E-state index in [4.69, 9.17) is 0 Å². The molecule has 9 heteroatoms. The van der Waals surface area contributed by atoms with Gasteiger partial charge < -0.3 is 9.84 Å². The summed E-state index contributed by atoms with van der Waals surface area (Å²) in [6.45, 7) is 2.28. The first kappa shape index (κ1) is 15.4. The summed E-state index contributed by atoms with van der Waals surface area (Å²) >= 11 is 0. The highest BCUT2D eigenvalue weighted by Gasteiger charge is 2.39. The molecule has 0 radical (unpaired) electrons. The summed E-state index contributed by atoms with van der Waals surface area (Å²) in [6.07, 6.45) is -2.44. The molecule has 2 unspecified atom stereocenters. The molecule has 1 amide bonds. The highest BCUT2D eigenvalue weighted by atomic mass is 19.4. The van der Waals surface area contributed by atoms with Crippen LogP contribution in [0.25, 0.3) is 11.4 Å². The van der Waals surface area contributed by atoms with E-state index in [9.17, 15) is 18.0 Å². The molecule has 2 aromatic heterocycles. The summed E-state index contributed by atoms with van der Waals surface area (Å²) < 4.78 is 41.4. The van der Waals surface area contributed by atoms with Crippen molar-refractivity contribution >= 4 is 5.91 Å². The predicted molar refractivity (Wildman–Crippen MR) is 71.6 cm³/mol. The Morgan fingerprint density at radius 2 is 2.17 bits per heavy atom. The quantitative estimate of drug-likeness (QED) is 0.933. The first-order chi connectivity index (χ1) is 10.8. The van der Waals surface area contributed by atoms with Crippen molar-refractivity contribution in [3.63, 3.8) is 0 Å². The Bertz CT molecular complexity index is 712. The molecule has 1 saturated carbocycles. The van der Waals surface area contributed by atoms with Gasteiger partial charge >= 0.3 is 12.1 Å². The van der Waals surface area contributed by atoms with E-state index < -0.39 is 12.1 Å². The number of pyridine rings is 1. The van der Waals surface area contributed by atoms with Crippen LogP contribution in [0, 0.1) is 11.8 Å². The molecule has 0 bridgehead atoms. The molecule has 0 aromatic carbocycles. The van der Waals surface area contributed by atoms with Crippen molar-refractivity contribution in [3.05, 3.63) is 29.9 Å². The highest BCUT2D eigenvalue weighted by Crippen LogP contribution is 2.37. The van der Waals surface area contributed by atoms with Crippen LogP contribution in [0.15, 0.2) is 22.9 Å². The van der Waals surface area contributed by atoms with E-state index in [0.29, 0.717) is 17.2 Å². The zero-order chi connectivity index (χ0) is 16.6. The van der Waals surface area contributed by atoms with Gasteiger partial charge in [-0.2, -0.15) is 18.2 Å². The van der Waals surface area contributed by atoms with Crippen LogP contribution in [0.1, 0.15) is 24.9 Å². The van der Waals surface area contributed by atoms with Crippen molar-refractivity contribution in [2.45, 2.75) is 26.1 Å². The van der Waals surface area contributed by atoms with E-state index in [1.807, 2.05) is 6.92 Å². The van der Waals surface area contributed by atoms with Gasteiger partial charge in [-0.25, -0.2) is 0 Å². The van der Waals surface area contributed by atoms with Gasteiger partial charge in [0.15, 0.2) is 0 Å². The normalized spacial score (nSPS) is 20.3. The molecule has 0 saturated heterocycles. The minimum atomic E-state index is -4.68. The first-order valence-corrected chi connectivity index (χ1v) is 6.98. The van der Waals surface area contributed by atoms with Crippen molar-refractivity contribution in [1.29, 1.82) is 0 Å². The van der Waals surface area contributed by atoms with E-state index in [1.54, 1.807) is 6.07 Å². The lowest BCUT2D eigenvalue weighted by Crippen LogP contribution is -2.25. The number of nitrogens with one attached hydrogen (secondary N) is 1. The third kappa shape index (κ3) is 3.49. The van der Waals surface area contributed by atoms with Gasteiger partial charge in [-0.15, -0.1) is 0 Å². The van der Waals surface area contributed by atoms with E-state index in [1.165, 1.54) is 12.3 Å². The number of halogens is 3. The fraction of sp³-hybridized carbons (Fsp3) is 0.429. The van der Waals surface area contributed by atoms with Crippen molar-refractivity contribution in [2.24, 2.45) is 11.8 Å². The van der Waals surface area contributed by atoms with E-state index in [2.05, 4.69) is 25.0 Å². The summed E-state index contributed by atoms with van der Waals surface area (Å²) in [6, 6.07) is 3.12. The van der Waals surface area contributed by atoms with Gasteiger partial charge in [0, 0.05) is 17.7 Å². The zero-order valence-corrected chi connectivity index (χ0v) is 12.1. The molecule has 1 fully saturated rings. The van der Waals surface area contributed by atoms with E-state index in [-0.39, 0.29) is 24.2 Å². The third-order valence-corrected chi connectivity index (χ3v) is 3.64. The maximum atomic E-state index is 12.4. The topological polar surface area (TPSA) is 80.9 Å². The molecular formula is C14H13F3N4O2. The van der Waals surface area contributed by atoms with Crippen LogP contribution in [-0.2, 0) is 17.5 Å². The van der Waals surface area contributed by atoms with Crippen LogP contribution in [0.3, 0.4) is 0 Å². The Morgan fingerprint density at radius 1 is 1.43 bits per heavy atom. The number of alkyl halides is 3. The highest BCUT2D eigenvalue weighted by molar-refractivity contribution is 5.81. The average Bonchev–Trinajstić information content (AvgIpc) is 3.02. The molecule has 1 N–H and O–H groups in total. The molecule has 2 heterocycles. The Labute approximate surface area is 129 Å². The molecule has 2 atom stereocenters. The fourth-order valence-electron chi connectivity index (χ4n) is 2.11. The van der Waals surface area contributed by atoms with E-state index in [0.717, 1.165) is 6.42 Å². The second-order valence-corrected chi connectivity index (χ2v) is 5.50. The second-order valence-electron chi connectivity index (χ2n) is 5.50. The Kier molecular flexibility index (Phi) is 3.78. The van der Waals surface area contributed by atoms with E-state index >= 15 is 0 Å². The standard InChI is InChI=1S/C14H13F3N4O2/c1-7-4-10(7)12(22)19-6-9-3-2-8(5-18-9)11-20-13(23-21-11)14(15,16)17/h2-3,5,7,10H,4,6H2,1H3,(H,19,22). The molecule has 1 aliphatic carbocycles. The monoisotopic (exact) mass is 326 g/mol. The lowest BCUT2D eigenvalue weighted by atomic mass is 10.2. The maximum absolute atomic E-state index is 12.4. The first-order valence-electron chi connectivity index (χ1n) is 6.98. The molecule has 122 valence electrons. The SMILES string of the molecule is CC1CC1C(=O)NCc1ccc(-c2noc(C(F)(F)F)n2)cn1. The fourth-order valence-corrected chi connectivity index (χ4v) is 2.11. The molecule has 23 heavy (non-hydrogen) atoms.